The molecular weight excluding hydrogens is 497 g/mol. The number of hydrogen-bond acceptors (Lipinski definition) is 8. The van der Waals surface area contributed by atoms with Gasteiger partial charge in [-0.05, 0) is 18.2 Å². The van der Waals surface area contributed by atoms with E-state index < -0.39 is 5.79 Å². The van der Waals surface area contributed by atoms with Crippen LogP contribution in [0.3, 0.4) is 0 Å². The number of carbonyl (C=O) groups is 1. The normalized spacial score (nSPS) is 20.2. The third kappa shape index (κ3) is 5.54. The molecule has 3 fully saturated rings. The van der Waals surface area contributed by atoms with Crippen LogP contribution in [0.25, 0.3) is 0 Å². The predicted molar refractivity (Wildman–Crippen MR) is 134 cm³/mol. The lowest BCUT2D eigenvalue weighted by molar-refractivity contribution is -0.169. The van der Waals surface area contributed by atoms with Gasteiger partial charge in [0.1, 0.15) is 11.0 Å². The number of hydrogen-bond donors (Lipinski definition) is 0. The molecule has 3 aliphatic rings. The van der Waals surface area contributed by atoms with Crippen molar-refractivity contribution in [2.45, 2.75) is 23.8 Å². The van der Waals surface area contributed by atoms with E-state index in [1.807, 2.05) is 29.2 Å². The number of thioether (sulfide) groups is 1. The molecule has 1 spiro atoms. The first-order chi connectivity index (χ1) is 16.5. The summed E-state index contributed by atoms with van der Waals surface area (Å²) < 4.78 is 11.6. The van der Waals surface area contributed by atoms with Crippen molar-refractivity contribution in [3.8, 4) is 0 Å². The number of benzene rings is 1. The number of ether oxygens (including phenoxy) is 2. The lowest BCUT2D eigenvalue weighted by Gasteiger charge is -2.38. The van der Waals surface area contributed by atoms with E-state index in [1.54, 1.807) is 6.07 Å². The minimum absolute atomic E-state index is 0.0799. The first-order valence-corrected chi connectivity index (χ1v) is 13.2. The lowest BCUT2D eigenvalue weighted by atomic mass is 10.0. The number of rotatable bonds is 5. The molecule has 0 saturated carbocycles. The molecule has 5 rings (SSSR count). The van der Waals surface area contributed by atoms with Crippen LogP contribution in [0.2, 0.25) is 10.2 Å². The molecule has 3 aliphatic heterocycles. The molecule has 4 heterocycles. The third-order valence-corrected chi connectivity index (χ3v) is 7.71. The van der Waals surface area contributed by atoms with Gasteiger partial charge in [0.05, 0.1) is 19.0 Å². The highest BCUT2D eigenvalue weighted by Crippen LogP contribution is 2.33. The van der Waals surface area contributed by atoms with E-state index in [-0.39, 0.29) is 11.7 Å². The van der Waals surface area contributed by atoms with Gasteiger partial charge in [-0.1, -0.05) is 41.0 Å². The molecule has 0 bridgehead atoms. The third-order valence-electron chi connectivity index (χ3n) is 6.45. The van der Waals surface area contributed by atoms with Gasteiger partial charge in [-0.25, -0.2) is 9.97 Å². The number of nitrogens with zero attached hydrogens (tertiary/aromatic N) is 5. The minimum atomic E-state index is -0.436. The number of anilines is 2. The van der Waals surface area contributed by atoms with Crippen molar-refractivity contribution in [2.75, 3.05) is 68.0 Å². The van der Waals surface area contributed by atoms with Gasteiger partial charge >= 0.3 is 0 Å². The second-order valence-corrected chi connectivity index (χ2v) is 10.3. The van der Waals surface area contributed by atoms with E-state index in [9.17, 15) is 4.79 Å². The van der Waals surface area contributed by atoms with Gasteiger partial charge in [-0.3, -0.25) is 4.79 Å². The Balaban J connectivity index is 1.13. The van der Waals surface area contributed by atoms with Crippen molar-refractivity contribution >= 4 is 52.4 Å². The van der Waals surface area contributed by atoms with Gasteiger partial charge in [0.2, 0.25) is 5.91 Å². The Kier molecular flexibility index (Phi) is 7.36. The second kappa shape index (κ2) is 10.5. The van der Waals surface area contributed by atoms with Crippen molar-refractivity contribution < 1.29 is 14.3 Å². The molecule has 0 N–H and O–H groups in total. The maximum absolute atomic E-state index is 12.8. The highest BCUT2D eigenvalue weighted by molar-refractivity contribution is 7.99. The quantitative estimate of drug-likeness (QED) is 0.334. The zero-order valence-corrected chi connectivity index (χ0v) is 21.1. The number of amides is 1. The minimum Gasteiger partial charge on any atom is -0.368 e. The molecule has 0 aliphatic carbocycles. The summed E-state index contributed by atoms with van der Waals surface area (Å²) in [6.45, 7) is 5.76. The summed E-state index contributed by atoms with van der Waals surface area (Å²) in [6, 6.07) is 9.59. The molecule has 1 amide bonds. The summed E-state index contributed by atoms with van der Waals surface area (Å²) in [7, 11) is 0. The molecule has 182 valence electrons. The van der Waals surface area contributed by atoms with E-state index in [2.05, 4.69) is 19.8 Å². The molecule has 0 radical (unpaired) electrons. The number of piperazine rings is 1. The Labute approximate surface area is 213 Å². The van der Waals surface area contributed by atoms with Crippen LogP contribution in [0.1, 0.15) is 12.8 Å². The number of piperidine rings is 1. The fourth-order valence-corrected chi connectivity index (χ4v) is 5.75. The topological polar surface area (TPSA) is 71.0 Å². The summed E-state index contributed by atoms with van der Waals surface area (Å²) in [5.74, 6) is 0.699. The molecule has 0 atom stereocenters. The Morgan fingerprint density at radius 1 is 0.971 bits per heavy atom. The summed E-state index contributed by atoms with van der Waals surface area (Å²) in [6.07, 6.45) is 1.58. The number of halogens is 2. The Morgan fingerprint density at radius 3 is 2.41 bits per heavy atom. The van der Waals surface area contributed by atoms with Crippen LogP contribution in [0.15, 0.2) is 35.5 Å². The Bertz CT molecular complexity index is 1020. The van der Waals surface area contributed by atoms with Crippen molar-refractivity contribution in [3.63, 3.8) is 0 Å². The highest BCUT2D eigenvalue weighted by atomic mass is 35.5. The highest BCUT2D eigenvalue weighted by Gasteiger charge is 2.40. The molecule has 1 aromatic heterocycles. The lowest BCUT2D eigenvalue weighted by Crippen LogP contribution is -2.49. The van der Waals surface area contributed by atoms with Crippen molar-refractivity contribution in [1.82, 2.24) is 14.9 Å². The van der Waals surface area contributed by atoms with Gasteiger partial charge in [-0.15, -0.1) is 0 Å². The van der Waals surface area contributed by atoms with E-state index in [0.29, 0.717) is 36.6 Å². The largest absolute Gasteiger partial charge is 0.368 e. The summed E-state index contributed by atoms with van der Waals surface area (Å²) >= 11 is 13.7. The van der Waals surface area contributed by atoms with Crippen molar-refractivity contribution in [1.29, 1.82) is 0 Å². The molecule has 8 nitrogen and oxygen atoms in total. The summed E-state index contributed by atoms with van der Waals surface area (Å²) in [5.41, 5.74) is 1.09. The van der Waals surface area contributed by atoms with Crippen LogP contribution in [0.4, 0.5) is 11.5 Å². The first kappa shape index (κ1) is 23.9. The van der Waals surface area contributed by atoms with Gasteiger partial charge in [0.25, 0.3) is 0 Å². The summed E-state index contributed by atoms with van der Waals surface area (Å²) in [5, 5.41) is 1.61. The van der Waals surface area contributed by atoms with Crippen molar-refractivity contribution in [2.24, 2.45) is 0 Å². The summed E-state index contributed by atoms with van der Waals surface area (Å²) in [4.78, 5) is 28.1. The fraction of sp³-hybridized carbons (Fsp3) is 0.522. The van der Waals surface area contributed by atoms with E-state index in [1.165, 1.54) is 11.8 Å². The zero-order valence-electron chi connectivity index (χ0n) is 18.8. The van der Waals surface area contributed by atoms with Gasteiger partial charge in [-0.2, -0.15) is 0 Å². The Morgan fingerprint density at radius 2 is 1.71 bits per heavy atom. The van der Waals surface area contributed by atoms with Crippen LogP contribution in [-0.4, -0.2) is 84.8 Å². The number of aromatic nitrogens is 2. The van der Waals surface area contributed by atoms with Gasteiger partial charge in [0.15, 0.2) is 10.9 Å². The molecule has 0 unspecified atom stereocenters. The van der Waals surface area contributed by atoms with Crippen molar-refractivity contribution in [3.05, 3.63) is 40.5 Å². The van der Waals surface area contributed by atoms with Crippen LogP contribution in [0, 0.1) is 0 Å². The van der Waals surface area contributed by atoms with Crippen LogP contribution >= 0.6 is 35.0 Å². The van der Waals surface area contributed by atoms with Crippen LogP contribution in [-0.2, 0) is 14.3 Å². The van der Waals surface area contributed by atoms with E-state index in [0.717, 1.165) is 55.5 Å². The average molecular weight is 524 g/mol. The SMILES string of the molecule is O=C(CSc1nc(Cl)cc(N2CCC3(CC2)OCCO3)n1)N1CCN(c2cccc(Cl)c2)CC1. The molecule has 3 saturated heterocycles. The first-order valence-electron chi connectivity index (χ1n) is 11.5. The van der Waals surface area contributed by atoms with Gasteiger partial charge < -0.3 is 24.2 Å². The molecule has 1 aromatic carbocycles. The Hall–Kier alpha value is -1.78. The van der Waals surface area contributed by atoms with Gasteiger partial charge in [0, 0.05) is 68.9 Å². The standard InChI is InChI=1S/C23H27Cl2N5O3S/c24-17-2-1-3-18(14-17)28-8-10-30(11-9-28)21(31)16-34-22-26-19(25)15-20(27-22)29-6-4-23(5-7-29)32-12-13-33-23/h1-3,14-15H,4-13,16H2. The zero-order chi connectivity index (χ0) is 23.5. The molecule has 11 heteroatoms. The smallest absolute Gasteiger partial charge is 0.233 e. The fourth-order valence-electron chi connectivity index (χ4n) is 4.58. The number of carbonyl (C=O) groups excluding carboxylic acids is 1. The van der Waals surface area contributed by atoms with E-state index >= 15 is 0 Å². The van der Waals surface area contributed by atoms with Crippen LogP contribution < -0.4 is 9.80 Å². The molecule has 34 heavy (non-hydrogen) atoms. The van der Waals surface area contributed by atoms with E-state index in [4.69, 9.17) is 32.7 Å². The average Bonchev–Trinajstić information content (AvgIpc) is 3.30. The second-order valence-electron chi connectivity index (χ2n) is 8.56. The predicted octanol–water partition coefficient (Wildman–Crippen LogP) is 3.57. The molecule has 2 aromatic rings. The maximum atomic E-state index is 12.8. The van der Waals surface area contributed by atoms with Crippen LogP contribution in [0.5, 0.6) is 0 Å². The maximum Gasteiger partial charge on any atom is 0.233 e. The monoisotopic (exact) mass is 523 g/mol. The molecular formula is C23H27Cl2N5O3S.